The summed E-state index contributed by atoms with van der Waals surface area (Å²) >= 11 is 0. The molecule has 2 rings (SSSR count). The molecule has 0 radical (unpaired) electrons. The molecule has 0 aliphatic heterocycles. The molecule has 0 heterocycles. The molecular weight excluding hydrogens is 256 g/mol. The number of nitrogens with two attached hydrogens (primary N) is 1. The van der Waals surface area contributed by atoms with E-state index in [1.165, 1.54) is 12.1 Å². The minimum atomic E-state index is -0.427. The second-order valence-electron chi connectivity index (χ2n) is 5.13. The van der Waals surface area contributed by atoms with E-state index in [1.54, 1.807) is 6.07 Å². The van der Waals surface area contributed by atoms with E-state index in [2.05, 4.69) is 5.32 Å². The van der Waals surface area contributed by atoms with Crippen molar-refractivity contribution in [1.29, 1.82) is 5.26 Å². The van der Waals surface area contributed by atoms with Crippen LogP contribution in [0.4, 0.5) is 11.4 Å². The van der Waals surface area contributed by atoms with Gasteiger partial charge in [-0.1, -0.05) is 12.8 Å². The molecule has 6 heteroatoms. The van der Waals surface area contributed by atoms with Crippen molar-refractivity contribution in [2.45, 2.75) is 31.7 Å². The lowest BCUT2D eigenvalue weighted by Crippen LogP contribution is -2.36. The summed E-state index contributed by atoms with van der Waals surface area (Å²) < 4.78 is 0. The highest BCUT2D eigenvalue weighted by Crippen LogP contribution is 2.31. The van der Waals surface area contributed by atoms with E-state index in [4.69, 9.17) is 11.0 Å². The fourth-order valence-electron chi connectivity index (χ4n) is 2.76. The van der Waals surface area contributed by atoms with Gasteiger partial charge < -0.3 is 11.1 Å². The Hall–Kier alpha value is -2.13. The third kappa shape index (κ3) is 3.06. The van der Waals surface area contributed by atoms with Crippen molar-refractivity contribution in [2.75, 3.05) is 11.9 Å². The first-order valence-electron chi connectivity index (χ1n) is 6.81. The van der Waals surface area contributed by atoms with Crippen molar-refractivity contribution >= 4 is 11.4 Å². The van der Waals surface area contributed by atoms with Crippen LogP contribution in [0.5, 0.6) is 0 Å². The van der Waals surface area contributed by atoms with Crippen LogP contribution >= 0.6 is 0 Å². The normalized spacial score (nSPS) is 22.0. The molecule has 2 atom stereocenters. The first-order chi connectivity index (χ1) is 9.65. The molecule has 1 saturated carbocycles. The van der Waals surface area contributed by atoms with Crippen LogP contribution < -0.4 is 11.1 Å². The summed E-state index contributed by atoms with van der Waals surface area (Å²) in [4.78, 5) is 10.6. The molecule has 0 spiro atoms. The molecule has 1 aromatic carbocycles. The van der Waals surface area contributed by atoms with Crippen LogP contribution in [-0.4, -0.2) is 17.5 Å². The minimum Gasteiger partial charge on any atom is -0.376 e. The highest BCUT2D eigenvalue weighted by Gasteiger charge is 2.26. The maximum absolute atomic E-state index is 11.1. The molecule has 106 valence electrons. The highest BCUT2D eigenvalue weighted by atomic mass is 16.6. The molecule has 20 heavy (non-hydrogen) atoms. The summed E-state index contributed by atoms with van der Waals surface area (Å²) in [5.41, 5.74) is 6.61. The molecule has 0 bridgehead atoms. The topological polar surface area (TPSA) is 105 Å². The zero-order valence-electron chi connectivity index (χ0n) is 11.2. The van der Waals surface area contributed by atoms with Crippen LogP contribution in [0.15, 0.2) is 18.2 Å². The Morgan fingerprint density at radius 2 is 2.20 bits per heavy atom. The quantitative estimate of drug-likeness (QED) is 0.647. The first kappa shape index (κ1) is 14.3. The summed E-state index contributed by atoms with van der Waals surface area (Å²) in [5.74, 6) is 0.328. The second kappa shape index (κ2) is 6.35. The van der Waals surface area contributed by atoms with Gasteiger partial charge in [-0.15, -0.1) is 0 Å². The molecule has 3 N–H and O–H groups in total. The molecular formula is C14H18N4O2. The van der Waals surface area contributed by atoms with Crippen LogP contribution in [0, 0.1) is 27.4 Å². The number of hydrogen-bond donors (Lipinski definition) is 2. The van der Waals surface area contributed by atoms with Gasteiger partial charge in [0.15, 0.2) is 0 Å². The second-order valence-corrected chi connectivity index (χ2v) is 5.13. The summed E-state index contributed by atoms with van der Waals surface area (Å²) in [6.07, 6.45) is 4.25. The standard InChI is InChI=1S/C14H18N4O2/c15-8-10-5-6-14(18(19)20)13(7-10)17-12-4-2-1-3-11(12)9-16/h5-7,11-12,17H,1-4,9,16H2. The van der Waals surface area contributed by atoms with Gasteiger partial charge in [-0.25, -0.2) is 0 Å². The Balaban J connectivity index is 2.26. The van der Waals surface area contributed by atoms with Crippen molar-refractivity contribution in [2.24, 2.45) is 11.7 Å². The molecule has 0 amide bonds. The Kier molecular flexibility index (Phi) is 4.53. The van der Waals surface area contributed by atoms with Crippen molar-refractivity contribution < 1.29 is 4.92 Å². The Morgan fingerprint density at radius 1 is 1.45 bits per heavy atom. The molecule has 1 aliphatic rings. The fourth-order valence-corrected chi connectivity index (χ4v) is 2.76. The highest BCUT2D eigenvalue weighted by molar-refractivity contribution is 5.64. The molecule has 1 aliphatic carbocycles. The van der Waals surface area contributed by atoms with Gasteiger partial charge >= 0.3 is 0 Å². The van der Waals surface area contributed by atoms with Crippen LogP contribution in [0.25, 0.3) is 0 Å². The van der Waals surface area contributed by atoms with Gasteiger partial charge in [0.1, 0.15) is 5.69 Å². The minimum absolute atomic E-state index is 0.00495. The predicted molar refractivity (Wildman–Crippen MR) is 76.2 cm³/mol. The largest absolute Gasteiger partial charge is 0.376 e. The van der Waals surface area contributed by atoms with Gasteiger partial charge in [-0.05, 0) is 37.4 Å². The SMILES string of the molecule is N#Cc1ccc([N+](=O)[O-])c(NC2CCCCC2CN)c1. The van der Waals surface area contributed by atoms with E-state index in [0.717, 1.165) is 25.7 Å². The van der Waals surface area contributed by atoms with Crippen molar-refractivity contribution in [3.05, 3.63) is 33.9 Å². The molecule has 1 aromatic rings. The lowest BCUT2D eigenvalue weighted by Gasteiger charge is -2.31. The van der Waals surface area contributed by atoms with Crippen molar-refractivity contribution in [1.82, 2.24) is 0 Å². The summed E-state index contributed by atoms with van der Waals surface area (Å²) in [6.45, 7) is 0.573. The Morgan fingerprint density at radius 3 is 2.85 bits per heavy atom. The van der Waals surface area contributed by atoms with Crippen LogP contribution in [-0.2, 0) is 0 Å². The average molecular weight is 274 g/mol. The van der Waals surface area contributed by atoms with Crippen LogP contribution in [0.1, 0.15) is 31.2 Å². The lowest BCUT2D eigenvalue weighted by atomic mass is 9.84. The molecule has 2 unspecified atom stereocenters. The van der Waals surface area contributed by atoms with Crippen LogP contribution in [0.2, 0.25) is 0 Å². The van der Waals surface area contributed by atoms with Crippen LogP contribution in [0.3, 0.4) is 0 Å². The maximum Gasteiger partial charge on any atom is 0.292 e. The van der Waals surface area contributed by atoms with Crippen molar-refractivity contribution in [3.63, 3.8) is 0 Å². The van der Waals surface area contributed by atoms with Gasteiger partial charge in [0.2, 0.25) is 0 Å². The number of hydrogen-bond acceptors (Lipinski definition) is 5. The summed E-state index contributed by atoms with van der Waals surface area (Å²) in [7, 11) is 0. The Labute approximate surface area is 117 Å². The first-order valence-corrected chi connectivity index (χ1v) is 6.81. The van der Waals surface area contributed by atoms with Gasteiger partial charge in [0.05, 0.1) is 16.6 Å². The van der Waals surface area contributed by atoms with Gasteiger partial charge in [-0.3, -0.25) is 10.1 Å². The number of benzene rings is 1. The number of rotatable bonds is 4. The van der Waals surface area contributed by atoms with Gasteiger partial charge in [0.25, 0.3) is 5.69 Å². The van der Waals surface area contributed by atoms with E-state index < -0.39 is 4.92 Å². The number of nitro groups is 1. The molecule has 1 fully saturated rings. The van der Waals surface area contributed by atoms with E-state index in [-0.39, 0.29) is 11.7 Å². The molecule has 0 saturated heterocycles. The lowest BCUT2D eigenvalue weighted by molar-refractivity contribution is -0.384. The third-order valence-electron chi connectivity index (χ3n) is 3.88. The Bertz CT molecular complexity index is 538. The molecule has 0 aromatic heterocycles. The average Bonchev–Trinajstić information content (AvgIpc) is 2.47. The van der Waals surface area contributed by atoms with Crippen molar-refractivity contribution in [3.8, 4) is 6.07 Å². The summed E-state index contributed by atoms with van der Waals surface area (Å²) in [6, 6.07) is 6.53. The number of nitriles is 1. The van der Waals surface area contributed by atoms with Gasteiger partial charge in [-0.2, -0.15) is 5.26 Å². The van der Waals surface area contributed by atoms with E-state index >= 15 is 0 Å². The number of anilines is 1. The third-order valence-corrected chi connectivity index (χ3v) is 3.88. The number of nitrogens with one attached hydrogen (secondary N) is 1. The predicted octanol–water partition coefficient (Wildman–Crippen LogP) is 2.40. The smallest absolute Gasteiger partial charge is 0.292 e. The fraction of sp³-hybridized carbons (Fsp3) is 0.500. The number of nitro benzene ring substituents is 1. The monoisotopic (exact) mass is 274 g/mol. The van der Waals surface area contributed by atoms with E-state index in [1.807, 2.05) is 6.07 Å². The zero-order valence-corrected chi connectivity index (χ0v) is 11.2. The number of nitrogens with zero attached hydrogens (tertiary/aromatic N) is 2. The zero-order chi connectivity index (χ0) is 14.5. The molecule has 6 nitrogen and oxygen atoms in total. The maximum atomic E-state index is 11.1. The van der Waals surface area contributed by atoms with Gasteiger partial charge in [0, 0.05) is 12.1 Å². The summed E-state index contributed by atoms with van der Waals surface area (Å²) in [5, 5.41) is 23.2. The van der Waals surface area contributed by atoms with E-state index in [0.29, 0.717) is 23.7 Å². The van der Waals surface area contributed by atoms with E-state index in [9.17, 15) is 10.1 Å².